The van der Waals surface area contributed by atoms with Crippen LogP contribution in [0.2, 0.25) is 0 Å². The maximum absolute atomic E-state index is 14.8. The van der Waals surface area contributed by atoms with Crippen molar-refractivity contribution in [1.82, 2.24) is 9.80 Å². The summed E-state index contributed by atoms with van der Waals surface area (Å²) in [6, 6.07) is 13.3. The number of aliphatic hydroxyl groups is 1. The number of para-hydroxylation sites is 1. The lowest BCUT2D eigenvalue weighted by Crippen LogP contribution is -2.57. The summed E-state index contributed by atoms with van der Waals surface area (Å²) < 4.78 is 13.0. The number of alkyl halides is 1. The van der Waals surface area contributed by atoms with E-state index in [4.69, 9.17) is 9.47 Å². The first-order valence-electron chi connectivity index (χ1n) is 16.8. The minimum absolute atomic E-state index is 0.105. The molecule has 2 bridgehead atoms. The van der Waals surface area contributed by atoms with Crippen molar-refractivity contribution in [2.75, 3.05) is 31.6 Å². The molecule has 0 radical (unpaired) electrons. The van der Waals surface area contributed by atoms with Crippen molar-refractivity contribution in [3.8, 4) is 0 Å². The number of likely N-dealkylation sites (tertiary alicyclic amines) is 1. The summed E-state index contributed by atoms with van der Waals surface area (Å²) in [5, 5.41) is 10.1. The monoisotopic (exact) mass is 735 g/mol. The number of esters is 1. The molecule has 3 aliphatic heterocycles. The molecule has 3 fully saturated rings. The van der Waals surface area contributed by atoms with Crippen molar-refractivity contribution in [1.29, 1.82) is 0 Å². The van der Waals surface area contributed by atoms with Gasteiger partial charge in [0, 0.05) is 37.1 Å². The van der Waals surface area contributed by atoms with Gasteiger partial charge in [0.1, 0.15) is 17.7 Å². The number of aliphatic hydroxyl groups excluding tert-OH is 1. The van der Waals surface area contributed by atoms with Gasteiger partial charge >= 0.3 is 5.97 Å². The van der Waals surface area contributed by atoms with E-state index in [-0.39, 0.29) is 42.8 Å². The first-order chi connectivity index (χ1) is 23.4. The van der Waals surface area contributed by atoms with Gasteiger partial charge in [-0.05, 0) is 50.3 Å². The molecule has 8 atom stereocenters. The zero-order valence-electron chi connectivity index (χ0n) is 28.6. The Bertz CT molecular complexity index is 1580. The van der Waals surface area contributed by atoms with Crippen LogP contribution in [0.15, 0.2) is 73.8 Å². The normalized spacial score (nSPS) is 26.5. The summed E-state index contributed by atoms with van der Waals surface area (Å²) >= 11 is 3.72. The summed E-state index contributed by atoms with van der Waals surface area (Å²) in [4.78, 5) is 60.9. The lowest BCUT2D eigenvalue weighted by molar-refractivity contribution is -0.164. The van der Waals surface area contributed by atoms with Gasteiger partial charge in [0.2, 0.25) is 11.8 Å². The number of β-amino-alcohol motifs (C(OH)–C–C–N with tert-alkyl or cyclic N) is 1. The third-order valence-corrected chi connectivity index (χ3v) is 11.1. The second-order valence-electron chi connectivity index (χ2n) is 13.2. The number of anilines is 1. The van der Waals surface area contributed by atoms with Gasteiger partial charge in [0.25, 0.3) is 5.91 Å². The first-order valence-corrected chi connectivity index (χ1v) is 17.7. The van der Waals surface area contributed by atoms with Crippen molar-refractivity contribution in [2.45, 2.75) is 74.8 Å². The molecule has 0 saturated carbocycles. The molecule has 0 aromatic heterocycles. The van der Waals surface area contributed by atoms with Crippen LogP contribution in [0.5, 0.6) is 0 Å². The van der Waals surface area contributed by atoms with Crippen molar-refractivity contribution >= 4 is 45.3 Å². The summed E-state index contributed by atoms with van der Waals surface area (Å²) in [6.07, 6.45) is 2.83. The van der Waals surface area contributed by atoms with Crippen molar-refractivity contribution in [2.24, 2.45) is 11.8 Å². The van der Waals surface area contributed by atoms with Crippen LogP contribution in [0.4, 0.5) is 5.69 Å². The van der Waals surface area contributed by atoms with E-state index in [1.807, 2.05) is 69.3 Å². The zero-order valence-corrected chi connectivity index (χ0v) is 30.2. The summed E-state index contributed by atoms with van der Waals surface area (Å²) in [5.41, 5.74) is 1.84. The number of ether oxygens (including phenoxy) is 2. The number of carbonyl (C=O) groups is 4. The van der Waals surface area contributed by atoms with Gasteiger partial charge in [0.05, 0.1) is 30.6 Å². The number of likely N-dealkylation sites (N-methyl/N-ethyl adjacent to an activating group) is 1. The number of allylic oxidation sites excluding steroid dienone is 1. The van der Waals surface area contributed by atoms with Gasteiger partial charge in [-0.2, -0.15) is 0 Å². The fraction of sp³-hybridized carbons (Fsp3) is 0.474. The Morgan fingerprint density at radius 2 is 1.80 bits per heavy atom. The highest BCUT2D eigenvalue weighted by molar-refractivity contribution is 9.09. The number of fused-ring (bicyclic) bond motifs is 1. The molecule has 2 aromatic rings. The Kier molecular flexibility index (Phi) is 11.2. The molecule has 11 heteroatoms. The summed E-state index contributed by atoms with van der Waals surface area (Å²) in [5.74, 6) is -3.60. The Hall–Kier alpha value is -3.80. The molecule has 3 heterocycles. The third-order valence-electron chi connectivity index (χ3n) is 10.3. The molecule has 10 nitrogen and oxygen atoms in total. The van der Waals surface area contributed by atoms with Crippen LogP contribution in [-0.4, -0.2) is 94.0 Å². The van der Waals surface area contributed by atoms with Crippen molar-refractivity contribution < 1.29 is 33.8 Å². The van der Waals surface area contributed by atoms with E-state index in [9.17, 15) is 24.3 Å². The first kappa shape index (κ1) is 36.5. The SMILES string of the molecule is C=CCCC(=O)N(C)[C@@H](C)[C@@H](OC(=O)[C@@H]1[C@H]2O[C@@]3(CC2Br)[C@H](C(=O)N(CC=C)c2c(C)cccc2C)N(CCO)C(=O)[C@@H]13)c1ccccc1. The minimum atomic E-state index is -1.34. The zero-order chi connectivity index (χ0) is 35.6. The van der Waals surface area contributed by atoms with E-state index in [0.29, 0.717) is 24.1 Å². The maximum atomic E-state index is 14.8. The Balaban J connectivity index is 1.52. The molecule has 1 N–H and O–H groups in total. The highest BCUT2D eigenvalue weighted by atomic mass is 79.9. The van der Waals surface area contributed by atoms with Gasteiger partial charge in [-0.25, -0.2) is 0 Å². The topological polar surface area (TPSA) is 117 Å². The Morgan fingerprint density at radius 1 is 1.12 bits per heavy atom. The lowest BCUT2D eigenvalue weighted by Gasteiger charge is -2.38. The van der Waals surface area contributed by atoms with E-state index in [2.05, 4.69) is 29.1 Å². The average molecular weight is 737 g/mol. The van der Waals surface area contributed by atoms with Gasteiger partial charge in [-0.15, -0.1) is 13.2 Å². The number of aryl methyl sites for hydroxylation is 2. The van der Waals surface area contributed by atoms with Gasteiger partial charge in [0.15, 0.2) is 0 Å². The fourth-order valence-electron chi connectivity index (χ4n) is 7.95. The van der Waals surface area contributed by atoms with Crippen molar-refractivity contribution in [3.63, 3.8) is 0 Å². The van der Waals surface area contributed by atoms with Gasteiger partial charge in [-0.1, -0.05) is 76.6 Å². The summed E-state index contributed by atoms with van der Waals surface area (Å²) in [7, 11) is 1.68. The molecule has 1 spiro atoms. The van der Waals surface area contributed by atoms with Crippen LogP contribution in [-0.2, 0) is 28.7 Å². The third kappa shape index (κ3) is 6.48. The molecular weight excluding hydrogens is 690 g/mol. The standard InChI is InChI=1S/C38H46BrN3O7/c1-7-9-18-28(44)40(6)25(5)32(26-16-11-10-12-17-26)48-37(47)29-30-35(45)42(20-21-43)34(38(30)22-27(39)33(29)49-38)36(46)41(19-8-2)31-23(3)14-13-15-24(31)4/h7-8,10-17,25,27,29-30,32-34,43H,1-2,9,18-22H2,3-6H3/t25-,27?,29-,30+,32+,33-,34-,38+/m0/s1. The number of rotatable bonds is 14. The summed E-state index contributed by atoms with van der Waals surface area (Å²) in [6.45, 7) is 13.0. The molecule has 3 saturated heterocycles. The van der Waals surface area contributed by atoms with Crippen LogP contribution in [0.3, 0.4) is 0 Å². The van der Waals surface area contributed by atoms with Crippen LogP contribution >= 0.6 is 15.9 Å². The number of benzene rings is 2. The van der Waals surface area contributed by atoms with E-state index in [0.717, 1.165) is 11.1 Å². The quantitative estimate of drug-likeness (QED) is 0.171. The van der Waals surface area contributed by atoms with Gasteiger partial charge in [-0.3, -0.25) is 19.2 Å². The predicted octanol–water partition coefficient (Wildman–Crippen LogP) is 4.66. The fourth-order valence-corrected chi connectivity index (χ4v) is 8.89. The Labute approximate surface area is 296 Å². The molecule has 1 unspecified atom stereocenters. The number of nitrogens with zero attached hydrogens (tertiary/aromatic N) is 3. The smallest absolute Gasteiger partial charge is 0.313 e. The molecule has 0 aliphatic carbocycles. The van der Waals surface area contributed by atoms with Crippen LogP contribution in [0.1, 0.15) is 49.0 Å². The average Bonchev–Trinajstić information content (AvgIpc) is 3.68. The number of carbonyl (C=O) groups excluding carboxylic acids is 4. The molecular formula is C38H46BrN3O7. The van der Waals surface area contributed by atoms with Crippen LogP contribution in [0.25, 0.3) is 0 Å². The van der Waals surface area contributed by atoms with E-state index < -0.39 is 53.6 Å². The Morgan fingerprint density at radius 3 is 2.41 bits per heavy atom. The molecule has 262 valence electrons. The molecule has 3 amide bonds. The number of hydrogen-bond donors (Lipinski definition) is 1. The highest BCUT2D eigenvalue weighted by Gasteiger charge is 2.77. The van der Waals surface area contributed by atoms with Gasteiger partial charge < -0.3 is 29.3 Å². The highest BCUT2D eigenvalue weighted by Crippen LogP contribution is 2.60. The molecule has 3 aliphatic rings. The lowest BCUT2D eigenvalue weighted by atomic mass is 9.70. The second-order valence-corrected chi connectivity index (χ2v) is 14.4. The largest absolute Gasteiger partial charge is 0.455 e. The number of hydrogen-bond acceptors (Lipinski definition) is 7. The van der Waals surface area contributed by atoms with E-state index in [1.165, 1.54) is 4.90 Å². The van der Waals surface area contributed by atoms with Crippen LogP contribution < -0.4 is 4.90 Å². The number of amides is 3. The number of halogens is 1. The maximum Gasteiger partial charge on any atom is 0.313 e. The second kappa shape index (κ2) is 15.0. The van der Waals surface area contributed by atoms with Crippen LogP contribution in [0, 0.1) is 25.7 Å². The molecule has 5 rings (SSSR count). The molecule has 49 heavy (non-hydrogen) atoms. The van der Waals surface area contributed by atoms with Crippen molar-refractivity contribution in [3.05, 3.63) is 90.5 Å². The molecule has 2 aromatic carbocycles. The van der Waals surface area contributed by atoms with E-state index >= 15 is 0 Å². The predicted molar refractivity (Wildman–Crippen MR) is 190 cm³/mol. The van der Waals surface area contributed by atoms with E-state index in [1.54, 1.807) is 29.0 Å². The minimum Gasteiger partial charge on any atom is -0.455 e.